The van der Waals surface area contributed by atoms with E-state index in [2.05, 4.69) is 30.3 Å². The molecule has 1 aliphatic rings. The summed E-state index contributed by atoms with van der Waals surface area (Å²) in [7, 11) is 0. The fourth-order valence-electron chi connectivity index (χ4n) is 3.69. The molecule has 1 saturated carbocycles. The van der Waals surface area contributed by atoms with E-state index in [1.807, 2.05) is 30.9 Å². The number of nitrogens with two attached hydrogens (primary N) is 1. The predicted molar refractivity (Wildman–Crippen MR) is 95.0 cm³/mol. The number of fused-ring (bicyclic) bond motifs is 1. The minimum Gasteiger partial charge on any atom is -0.343 e. The van der Waals surface area contributed by atoms with Crippen molar-refractivity contribution in [1.82, 2.24) is 4.90 Å². The molecular weight excluding hydrogens is 284 g/mol. The van der Waals surface area contributed by atoms with E-state index in [1.165, 1.54) is 10.8 Å². The molecule has 3 heteroatoms. The highest BCUT2D eigenvalue weighted by molar-refractivity contribution is 5.83. The van der Waals surface area contributed by atoms with Gasteiger partial charge in [0.15, 0.2) is 0 Å². The summed E-state index contributed by atoms with van der Waals surface area (Å²) in [5, 5.41) is 2.44. The number of amides is 1. The Kier molecular flexibility index (Phi) is 4.67. The van der Waals surface area contributed by atoms with Crippen molar-refractivity contribution in [2.24, 2.45) is 17.6 Å². The molecule has 0 aromatic heterocycles. The van der Waals surface area contributed by atoms with Gasteiger partial charge in [-0.15, -0.1) is 0 Å². The standard InChI is InChI=1S/C20H26N2O/c1-3-22(4-2)20(23)18-12-11-17(18)19(21)16-10-9-14-7-5-6-8-15(14)13-16/h5-10,13,17-19H,3-4,11-12,21H2,1-2H3/t17-,18-,19?/m1/s1. The van der Waals surface area contributed by atoms with Gasteiger partial charge in [-0.25, -0.2) is 0 Å². The molecule has 2 aromatic rings. The molecule has 122 valence electrons. The van der Waals surface area contributed by atoms with Crippen LogP contribution < -0.4 is 5.73 Å². The first kappa shape index (κ1) is 16.0. The summed E-state index contributed by atoms with van der Waals surface area (Å²) in [5.74, 6) is 0.642. The molecular formula is C20H26N2O. The molecule has 0 bridgehead atoms. The number of carbonyl (C=O) groups is 1. The minimum absolute atomic E-state index is 0.0575. The summed E-state index contributed by atoms with van der Waals surface area (Å²) in [6, 6.07) is 14.7. The fourth-order valence-corrected chi connectivity index (χ4v) is 3.69. The zero-order chi connectivity index (χ0) is 16.4. The van der Waals surface area contributed by atoms with Crippen molar-refractivity contribution in [1.29, 1.82) is 0 Å². The molecule has 3 rings (SSSR count). The number of rotatable bonds is 5. The van der Waals surface area contributed by atoms with E-state index >= 15 is 0 Å². The van der Waals surface area contributed by atoms with Crippen molar-refractivity contribution >= 4 is 16.7 Å². The fraction of sp³-hybridized carbons (Fsp3) is 0.450. The van der Waals surface area contributed by atoms with E-state index in [0.29, 0.717) is 0 Å². The lowest BCUT2D eigenvalue weighted by molar-refractivity contribution is -0.141. The van der Waals surface area contributed by atoms with Gasteiger partial charge in [0.1, 0.15) is 0 Å². The summed E-state index contributed by atoms with van der Waals surface area (Å²) in [6.07, 6.45) is 2.02. The van der Waals surface area contributed by atoms with Crippen LogP contribution in [0.1, 0.15) is 38.3 Å². The molecule has 2 aromatic carbocycles. The number of hydrogen-bond donors (Lipinski definition) is 1. The highest BCUT2D eigenvalue weighted by Crippen LogP contribution is 2.43. The molecule has 0 saturated heterocycles. The van der Waals surface area contributed by atoms with Crippen LogP contribution in [-0.4, -0.2) is 23.9 Å². The van der Waals surface area contributed by atoms with Crippen molar-refractivity contribution in [3.63, 3.8) is 0 Å². The Bertz CT molecular complexity index is 693. The molecule has 1 fully saturated rings. The normalized spacial score (nSPS) is 21.7. The van der Waals surface area contributed by atoms with Crippen molar-refractivity contribution in [3.05, 3.63) is 48.0 Å². The summed E-state index contributed by atoms with van der Waals surface area (Å²) in [5.41, 5.74) is 7.68. The Labute approximate surface area is 138 Å². The average molecular weight is 310 g/mol. The van der Waals surface area contributed by atoms with Gasteiger partial charge in [0.2, 0.25) is 5.91 Å². The molecule has 0 heterocycles. The Morgan fingerprint density at radius 1 is 1.13 bits per heavy atom. The average Bonchev–Trinajstić information content (AvgIpc) is 2.54. The zero-order valence-corrected chi connectivity index (χ0v) is 14.0. The van der Waals surface area contributed by atoms with E-state index in [0.717, 1.165) is 31.5 Å². The van der Waals surface area contributed by atoms with Crippen molar-refractivity contribution in [2.75, 3.05) is 13.1 Å². The molecule has 0 radical (unpaired) electrons. The summed E-state index contributed by atoms with van der Waals surface area (Å²) >= 11 is 0. The van der Waals surface area contributed by atoms with E-state index in [1.54, 1.807) is 0 Å². The first-order valence-corrected chi connectivity index (χ1v) is 8.68. The van der Waals surface area contributed by atoms with Crippen LogP contribution in [0.25, 0.3) is 10.8 Å². The van der Waals surface area contributed by atoms with Gasteiger partial charge >= 0.3 is 0 Å². The summed E-state index contributed by atoms with van der Waals surface area (Å²) in [6.45, 7) is 5.64. The quantitative estimate of drug-likeness (QED) is 0.914. The second-order valence-electron chi connectivity index (χ2n) is 6.49. The number of benzene rings is 2. The lowest BCUT2D eigenvalue weighted by Crippen LogP contribution is -2.46. The maximum absolute atomic E-state index is 12.6. The number of hydrogen-bond acceptors (Lipinski definition) is 2. The summed E-state index contributed by atoms with van der Waals surface area (Å²) in [4.78, 5) is 14.6. The van der Waals surface area contributed by atoms with Gasteiger partial charge in [0.25, 0.3) is 0 Å². The van der Waals surface area contributed by atoms with Gasteiger partial charge in [-0.05, 0) is 55.0 Å². The largest absolute Gasteiger partial charge is 0.343 e. The van der Waals surface area contributed by atoms with Crippen LogP contribution in [0.4, 0.5) is 0 Å². The van der Waals surface area contributed by atoms with Gasteiger partial charge in [-0.3, -0.25) is 4.79 Å². The van der Waals surface area contributed by atoms with Crippen LogP contribution in [0.3, 0.4) is 0 Å². The van der Waals surface area contributed by atoms with Crippen LogP contribution in [0.5, 0.6) is 0 Å². The van der Waals surface area contributed by atoms with Crippen molar-refractivity contribution < 1.29 is 4.79 Å². The van der Waals surface area contributed by atoms with Gasteiger partial charge in [-0.2, -0.15) is 0 Å². The Morgan fingerprint density at radius 3 is 2.43 bits per heavy atom. The van der Waals surface area contributed by atoms with Crippen LogP contribution in [-0.2, 0) is 4.79 Å². The minimum atomic E-state index is -0.0575. The zero-order valence-electron chi connectivity index (χ0n) is 14.0. The maximum Gasteiger partial charge on any atom is 0.226 e. The lowest BCUT2D eigenvalue weighted by atomic mass is 9.67. The Hall–Kier alpha value is -1.87. The molecule has 0 spiro atoms. The highest BCUT2D eigenvalue weighted by atomic mass is 16.2. The molecule has 0 aliphatic heterocycles. The number of nitrogens with zero attached hydrogens (tertiary/aromatic N) is 1. The van der Waals surface area contributed by atoms with E-state index in [4.69, 9.17) is 5.73 Å². The molecule has 23 heavy (non-hydrogen) atoms. The van der Waals surface area contributed by atoms with Crippen LogP contribution >= 0.6 is 0 Å². The predicted octanol–water partition coefficient (Wildman–Crippen LogP) is 3.73. The van der Waals surface area contributed by atoms with Gasteiger partial charge < -0.3 is 10.6 Å². The third-order valence-electron chi connectivity index (χ3n) is 5.34. The van der Waals surface area contributed by atoms with Gasteiger partial charge in [-0.1, -0.05) is 36.4 Å². The van der Waals surface area contributed by atoms with Gasteiger partial charge in [0, 0.05) is 25.0 Å². The smallest absolute Gasteiger partial charge is 0.226 e. The van der Waals surface area contributed by atoms with Crippen LogP contribution in [0, 0.1) is 11.8 Å². The molecule has 3 nitrogen and oxygen atoms in total. The second-order valence-corrected chi connectivity index (χ2v) is 6.49. The van der Waals surface area contributed by atoms with E-state index in [9.17, 15) is 4.79 Å². The van der Waals surface area contributed by atoms with E-state index in [-0.39, 0.29) is 23.8 Å². The summed E-state index contributed by atoms with van der Waals surface area (Å²) < 4.78 is 0. The third kappa shape index (κ3) is 2.98. The maximum atomic E-state index is 12.6. The van der Waals surface area contributed by atoms with Crippen molar-refractivity contribution in [2.45, 2.75) is 32.7 Å². The lowest BCUT2D eigenvalue weighted by Gasteiger charge is -2.41. The molecule has 1 amide bonds. The van der Waals surface area contributed by atoms with Gasteiger partial charge in [0.05, 0.1) is 0 Å². The third-order valence-corrected chi connectivity index (χ3v) is 5.34. The monoisotopic (exact) mass is 310 g/mol. The number of carbonyl (C=O) groups excluding carboxylic acids is 1. The van der Waals surface area contributed by atoms with Crippen LogP contribution in [0.2, 0.25) is 0 Å². The SMILES string of the molecule is CCN(CC)C(=O)[C@@H]1CC[C@H]1C(N)c1ccc2ccccc2c1. The highest BCUT2D eigenvalue weighted by Gasteiger charge is 2.41. The second kappa shape index (κ2) is 6.71. The Balaban J connectivity index is 1.79. The molecule has 2 N–H and O–H groups in total. The van der Waals surface area contributed by atoms with Crippen molar-refractivity contribution in [3.8, 4) is 0 Å². The Morgan fingerprint density at radius 2 is 1.83 bits per heavy atom. The first-order valence-electron chi connectivity index (χ1n) is 8.68. The van der Waals surface area contributed by atoms with Crippen LogP contribution in [0.15, 0.2) is 42.5 Å². The first-order chi connectivity index (χ1) is 11.2. The molecule has 1 unspecified atom stereocenters. The topological polar surface area (TPSA) is 46.3 Å². The van der Waals surface area contributed by atoms with E-state index < -0.39 is 0 Å². The molecule has 3 atom stereocenters. The molecule has 1 aliphatic carbocycles.